The molecule has 0 N–H and O–H groups in total. The van der Waals surface area contributed by atoms with Gasteiger partial charge in [-0.05, 0) is 25.0 Å². The molecule has 0 aromatic heterocycles. The van der Waals surface area contributed by atoms with E-state index in [1.54, 1.807) is 55.5 Å². The van der Waals surface area contributed by atoms with Crippen molar-refractivity contribution in [2.24, 2.45) is 0 Å². The minimum absolute atomic E-state index is 0.112. The summed E-state index contributed by atoms with van der Waals surface area (Å²) in [4.78, 5) is 39.0. The molecule has 2 aromatic carbocycles. The first-order valence-corrected chi connectivity index (χ1v) is 12.5. The van der Waals surface area contributed by atoms with E-state index in [4.69, 9.17) is 9.47 Å². The van der Waals surface area contributed by atoms with Gasteiger partial charge in [0.25, 0.3) is 0 Å². The van der Waals surface area contributed by atoms with Crippen LogP contribution < -0.4 is 0 Å². The standard InChI is InChI=1S/C25H25NO7S/c1-3-32-21(28)14-15-25(2)23(26-19(27)16-20(26)34(25,30)31)24(29)33-22(17-10-6-4-7-11-17)18-12-8-5-9-13-18/h4-15,20,22-23H,3,16H2,1-2H3/b15-14+/t20-,23+,25+/m1/s1. The van der Waals surface area contributed by atoms with Crippen LogP contribution in [0.3, 0.4) is 0 Å². The second-order valence-corrected chi connectivity index (χ2v) is 10.8. The molecule has 9 heteroatoms. The zero-order valence-corrected chi connectivity index (χ0v) is 19.6. The molecule has 4 rings (SSSR count). The summed E-state index contributed by atoms with van der Waals surface area (Å²) in [6.07, 6.45) is 1.10. The van der Waals surface area contributed by atoms with Crippen LogP contribution >= 0.6 is 0 Å². The zero-order valence-electron chi connectivity index (χ0n) is 18.8. The molecule has 0 saturated carbocycles. The zero-order chi connectivity index (χ0) is 24.5. The van der Waals surface area contributed by atoms with Crippen LogP contribution in [0.15, 0.2) is 72.8 Å². The van der Waals surface area contributed by atoms with Crippen molar-refractivity contribution in [3.63, 3.8) is 0 Å². The first-order chi connectivity index (χ1) is 16.2. The van der Waals surface area contributed by atoms with Gasteiger partial charge in [0.05, 0.1) is 13.0 Å². The van der Waals surface area contributed by atoms with Crippen LogP contribution in [0.1, 0.15) is 37.5 Å². The number of rotatable bonds is 7. The van der Waals surface area contributed by atoms with Crippen LogP contribution in [0.2, 0.25) is 0 Å². The number of hydrogen-bond acceptors (Lipinski definition) is 7. The number of fused-ring (bicyclic) bond motifs is 1. The third kappa shape index (κ3) is 3.90. The highest BCUT2D eigenvalue weighted by Crippen LogP contribution is 2.47. The summed E-state index contributed by atoms with van der Waals surface area (Å²) in [7, 11) is -4.02. The molecular formula is C25H25NO7S. The van der Waals surface area contributed by atoms with Crippen LogP contribution in [0, 0.1) is 0 Å². The molecular weight excluding hydrogens is 458 g/mol. The topological polar surface area (TPSA) is 107 Å². The van der Waals surface area contributed by atoms with Crippen molar-refractivity contribution in [1.29, 1.82) is 0 Å². The molecule has 178 valence electrons. The lowest BCUT2D eigenvalue weighted by molar-refractivity contribution is -0.163. The second-order valence-electron chi connectivity index (χ2n) is 8.31. The number of esters is 2. The number of sulfone groups is 1. The van der Waals surface area contributed by atoms with E-state index >= 15 is 0 Å². The van der Waals surface area contributed by atoms with Gasteiger partial charge < -0.3 is 14.4 Å². The van der Waals surface area contributed by atoms with E-state index in [9.17, 15) is 22.8 Å². The number of hydrogen-bond donors (Lipinski definition) is 0. The van der Waals surface area contributed by atoms with Gasteiger partial charge in [0.1, 0.15) is 10.1 Å². The van der Waals surface area contributed by atoms with Gasteiger partial charge in [-0.2, -0.15) is 0 Å². The Morgan fingerprint density at radius 3 is 2.15 bits per heavy atom. The van der Waals surface area contributed by atoms with Crippen LogP contribution in [-0.4, -0.2) is 53.9 Å². The van der Waals surface area contributed by atoms with Crippen molar-refractivity contribution < 1.29 is 32.3 Å². The molecule has 0 bridgehead atoms. The molecule has 8 nitrogen and oxygen atoms in total. The van der Waals surface area contributed by atoms with Crippen LogP contribution in [0.25, 0.3) is 0 Å². The third-order valence-corrected chi connectivity index (χ3v) is 8.93. The number of carbonyl (C=O) groups excluding carboxylic acids is 3. The van der Waals surface area contributed by atoms with Crippen LogP contribution in [-0.2, 0) is 33.7 Å². The van der Waals surface area contributed by atoms with Gasteiger partial charge in [-0.15, -0.1) is 0 Å². The van der Waals surface area contributed by atoms with E-state index in [1.807, 2.05) is 12.1 Å². The monoisotopic (exact) mass is 483 g/mol. The fourth-order valence-corrected chi connectivity index (χ4v) is 6.68. The van der Waals surface area contributed by atoms with Crippen molar-refractivity contribution in [2.45, 2.75) is 42.5 Å². The number of β-lactam (4-membered cyclic amide) rings is 1. The lowest BCUT2D eigenvalue weighted by Gasteiger charge is -2.36. The average Bonchev–Trinajstić information content (AvgIpc) is 2.97. The Hall–Kier alpha value is -3.46. The SMILES string of the molecule is CCOC(=O)/C=C/[C@@]1(C)[C@H](C(=O)OC(c2ccccc2)c2ccccc2)N2C(=O)C[C@H]2S1(=O)=O. The molecule has 0 aliphatic carbocycles. The quantitative estimate of drug-likeness (QED) is 0.338. The van der Waals surface area contributed by atoms with E-state index < -0.39 is 49.9 Å². The Morgan fingerprint density at radius 1 is 1.09 bits per heavy atom. The maximum Gasteiger partial charge on any atom is 0.331 e. The number of ether oxygens (including phenoxy) is 2. The Morgan fingerprint density at radius 2 is 1.65 bits per heavy atom. The lowest BCUT2D eigenvalue weighted by Crippen LogP contribution is -2.57. The number of benzene rings is 2. The molecule has 3 atom stereocenters. The fraction of sp³-hybridized carbons (Fsp3) is 0.320. The second kappa shape index (κ2) is 9.06. The molecule has 0 radical (unpaired) electrons. The van der Waals surface area contributed by atoms with Gasteiger partial charge in [0, 0.05) is 6.08 Å². The van der Waals surface area contributed by atoms with Crippen molar-refractivity contribution in [3.8, 4) is 0 Å². The molecule has 0 spiro atoms. The summed E-state index contributed by atoms with van der Waals surface area (Å²) in [5, 5.41) is -1.14. The molecule has 2 aliphatic rings. The largest absolute Gasteiger partial charge is 0.463 e. The van der Waals surface area contributed by atoms with Crippen LogP contribution in [0.5, 0.6) is 0 Å². The van der Waals surface area contributed by atoms with Gasteiger partial charge >= 0.3 is 11.9 Å². The number of carbonyl (C=O) groups is 3. The third-order valence-electron chi connectivity index (χ3n) is 6.24. The molecule has 2 aliphatic heterocycles. The molecule has 2 aromatic rings. The Kier molecular flexibility index (Phi) is 6.31. The van der Waals surface area contributed by atoms with Crippen molar-refractivity contribution >= 4 is 27.7 Å². The molecule has 2 saturated heterocycles. The van der Waals surface area contributed by atoms with Crippen molar-refractivity contribution in [3.05, 3.63) is 83.9 Å². The van der Waals surface area contributed by atoms with E-state index in [0.717, 1.165) is 17.1 Å². The highest BCUT2D eigenvalue weighted by molar-refractivity contribution is 7.94. The summed E-state index contributed by atoms with van der Waals surface area (Å²) in [5.74, 6) is -2.06. The predicted molar refractivity (Wildman–Crippen MR) is 123 cm³/mol. The Balaban J connectivity index is 1.73. The first-order valence-electron chi connectivity index (χ1n) is 10.9. The van der Waals surface area contributed by atoms with Gasteiger partial charge in [-0.25, -0.2) is 18.0 Å². The average molecular weight is 484 g/mol. The van der Waals surface area contributed by atoms with Gasteiger partial charge in [0.2, 0.25) is 5.91 Å². The summed E-state index contributed by atoms with van der Waals surface area (Å²) < 4.78 is 35.6. The smallest absolute Gasteiger partial charge is 0.331 e. The molecule has 2 heterocycles. The normalized spacial score (nSPS) is 25.1. The maximum absolute atomic E-state index is 13.6. The van der Waals surface area contributed by atoms with E-state index in [0.29, 0.717) is 11.1 Å². The molecule has 34 heavy (non-hydrogen) atoms. The van der Waals surface area contributed by atoms with E-state index in [-0.39, 0.29) is 13.0 Å². The Labute approximate surface area is 198 Å². The molecule has 1 amide bonds. The number of amides is 1. The maximum atomic E-state index is 13.6. The van der Waals surface area contributed by atoms with Crippen molar-refractivity contribution in [2.75, 3.05) is 6.61 Å². The lowest BCUT2D eigenvalue weighted by atomic mass is 9.95. The highest BCUT2D eigenvalue weighted by atomic mass is 32.2. The van der Waals surface area contributed by atoms with Crippen LogP contribution in [0.4, 0.5) is 0 Å². The van der Waals surface area contributed by atoms with Gasteiger partial charge in [0.15, 0.2) is 22.0 Å². The molecule has 0 unspecified atom stereocenters. The van der Waals surface area contributed by atoms with Crippen molar-refractivity contribution in [1.82, 2.24) is 4.90 Å². The fourth-order valence-electron chi connectivity index (χ4n) is 4.42. The summed E-state index contributed by atoms with van der Waals surface area (Å²) in [6.45, 7) is 3.06. The minimum atomic E-state index is -4.02. The predicted octanol–water partition coefficient (Wildman–Crippen LogP) is 2.55. The highest BCUT2D eigenvalue weighted by Gasteiger charge is 2.69. The Bertz CT molecular complexity index is 1190. The first kappa shape index (κ1) is 23.7. The van der Waals surface area contributed by atoms with E-state index in [1.165, 1.54) is 6.92 Å². The van der Waals surface area contributed by atoms with Gasteiger partial charge in [-0.3, -0.25) is 4.79 Å². The summed E-state index contributed by atoms with van der Waals surface area (Å²) in [5.41, 5.74) is 1.39. The number of nitrogens with zero attached hydrogens (tertiary/aromatic N) is 1. The minimum Gasteiger partial charge on any atom is -0.463 e. The molecule has 2 fully saturated rings. The van der Waals surface area contributed by atoms with Gasteiger partial charge in [-0.1, -0.05) is 66.7 Å². The summed E-state index contributed by atoms with van der Waals surface area (Å²) in [6, 6.07) is 16.6. The summed E-state index contributed by atoms with van der Waals surface area (Å²) >= 11 is 0. The van der Waals surface area contributed by atoms with E-state index in [2.05, 4.69) is 0 Å².